The first-order valence-electron chi connectivity index (χ1n) is 8.23. The third-order valence-corrected chi connectivity index (χ3v) is 3.52. The van der Waals surface area contributed by atoms with Gasteiger partial charge >= 0.3 is 5.97 Å². The normalized spacial score (nSPS) is 10.4. The maximum absolute atomic E-state index is 11.3. The Kier molecular flexibility index (Phi) is 6.67. The smallest absolute Gasteiger partial charge is 0.333 e. The summed E-state index contributed by atoms with van der Waals surface area (Å²) in [6, 6.07) is 11.8. The van der Waals surface area contributed by atoms with Gasteiger partial charge in [-0.25, -0.2) is 4.79 Å². The van der Waals surface area contributed by atoms with E-state index in [1.807, 2.05) is 36.4 Å². The van der Waals surface area contributed by atoms with Crippen LogP contribution in [0.25, 0.3) is 10.8 Å². The molecule has 4 heteroatoms. The van der Waals surface area contributed by atoms with Crippen molar-refractivity contribution in [3.05, 3.63) is 48.6 Å². The van der Waals surface area contributed by atoms with E-state index in [0.29, 0.717) is 18.8 Å². The lowest BCUT2D eigenvalue weighted by atomic mass is 10.1. The second-order valence-electron chi connectivity index (χ2n) is 5.57. The zero-order valence-electron chi connectivity index (χ0n) is 14.3. The first-order chi connectivity index (χ1) is 11.6. The summed E-state index contributed by atoms with van der Waals surface area (Å²) in [6.07, 6.45) is 2.13. The van der Waals surface area contributed by atoms with Gasteiger partial charge in [0.1, 0.15) is 24.7 Å². The highest BCUT2D eigenvalue weighted by molar-refractivity contribution is 5.93. The summed E-state index contributed by atoms with van der Waals surface area (Å²) in [7, 11) is 0. The maximum Gasteiger partial charge on any atom is 0.333 e. The standard InChI is InChI=1S/C20H24O4/c1-4-5-12-22-18-10-11-19(17-9-7-6-8-16(17)18)23-13-14-24-20(21)15(2)3/h6-11H,2,4-5,12-14H2,1,3H3. The molecule has 0 fully saturated rings. The summed E-state index contributed by atoms with van der Waals surface area (Å²) in [6.45, 7) is 8.49. The molecule has 0 spiro atoms. The summed E-state index contributed by atoms with van der Waals surface area (Å²) >= 11 is 0. The topological polar surface area (TPSA) is 44.8 Å². The molecule has 0 aliphatic carbocycles. The van der Waals surface area contributed by atoms with Crippen molar-refractivity contribution in [2.75, 3.05) is 19.8 Å². The van der Waals surface area contributed by atoms with Gasteiger partial charge in [-0.1, -0.05) is 44.2 Å². The molecule has 0 radical (unpaired) electrons. The Labute approximate surface area is 143 Å². The molecule has 0 aromatic heterocycles. The number of fused-ring (bicyclic) bond motifs is 1. The Hall–Kier alpha value is -2.49. The molecule has 0 N–H and O–H groups in total. The highest BCUT2D eigenvalue weighted by atomic mass is 16.6. The predicted octanol–water partition coefficient (Wildman–Crippen LogP) is 4.52. The molecule has 0 aliphatic heterocycles. The quantitative estimate of drug-likeness (QED) is 0.386. The van der Waals surface area contributed by atoms with E-state index in [1.165, 1.54) is 0 Å². The number of hydrogen-bond donors (Lipinski definition) is 0. The van der Waals surface area contributed by atoms with Gasteiger partial charge in [0.15, 0.2) is 0 Å². The van der Waals surface area contributed by atoms with Crippen LogP contribution >= 0.6 is 0 Å². The summed E-state index contributed by atoms with van der Waals surface area (Å²) < 4.78 is 16.7. The van der Waals surface area contributed by atoms with Crippen LogP contribution in [0.3, 0.4) is 0 Å². The third-order valence-electron chi connectivity index (χ3n) is 3.52. The summed E-state index contributed by atoms with van der Waals surface area (Å²) in [4.78, 5) is 11.3. The number of ether oxygens (including phenoxy) is 3. The van der Waals surface area contributed by atoms with Crippen LogP contribution < -0.4 is 9.47 Å². The van der Waals surface area contributed by atoms with Crippen LogP contribution in [0.4, 0.5) is 0 Å². The van der Waals surface area contributed by atoms with Crippen molar-refractivity contribution >= 4 is 16.7 Å². The lowest BCUT2D eigenvalue weighted by molar-refractivity contribution is -0.139. The Morgan fingerprint density at radius 2 is 1.54 bits per heavy atom. The predicted molar refractivity (Wildman–Crippen MR) is 95.6 cm³/mol. The fourth-order valence-corrected chi connectivity index (χ4v) is 2.23. The van der Waals surface area contributed by atoms with Gasteiger partial charge < -0.3 is 14.2 Å². The maximum atomic E-state index is 11.3. The van der Waals surface area contributed by atoms with Gasteiger partial charge in [0, 0.05) is 16.3 Å². The van der Waals surface area contributed by atoms with Gasteiger partial charge in [0.05, 0.1) is 6.61 Å². The first kappa shape index (κ1) is 17.9. The van der Waals surface area contributed by atoms with E-state index in [-0.39, 0.29) is 6.61 Å². The third kappa shape index (κ3) is 4.75. The van der Waals surface area contributed by atoms with Gasteiger partial charge in [-0.3, -0.25) is 0 Å². The molecule has 0 atom stereocenters. The number of hydrogen-bond acceptors (Lipinski definition) is 4. The fraction of sp³-hybridized carbons (Fsp3) is 0.350. The molecule has 0 unspecified atom stereocenters. The molecule has 0 aliphatic rings. The molecule has 2 rings (SSSR count). The average molecular weight is 328 g/mol. The molecule has 0 saturated heterocycles. The molecule has 4 nitrogen and oxygen atoms in total. The molecule has 2 aromatic carbocycles. The number of carbonyl (C=O) groups is 1. The molecule has 0 amide bonds. The summed E-state index contributed by atoms with van der Waals surface area (Å²) in [5, 5.41) is 2.00. The Morgan fingerprint density at radius 3 is 2.08 bits per heavy atom. The second-order valence-corrected chi connectivity index (χ2v) is 5.57. The second kappa shape index (κ2) is 8.96. The van der Waals surface area contributed by atoms with Gasteiger partial charge in [0.2, 0.25) is 0 Å². The van der Waals surface area contributed by atoms with E-state index < -0.39 is 5.97 Å². The lowest BCUT2D eigenvalue weighted by Crippen LogP contribution is -2.12. The number of carbonyl (C=O) groups excluding carboxylic acids is 1. The van der Waals surface area contributed by atoms with E-state index in [1.54, 1.807) is 6.92 Å². The largest absolute Gasteiger partial charge is 0.493 e. The van der Waals surface area contributed by atoms with Crippen LogP contribution in [0.5, 0.6) is 11.5 Å². The lowest BCUT2D eigenvalue weighted by Gasteiger charge is -2.13. The zero-order chi connectivity index (χ0) is 17.4. The van der Waals surface area contributed by atoms with Crippen molar-refractivity contribution in [3.8, 4) is 11.5 Å². The van der Waals surface area contributed by atoms with Gasteiger partial charge in [-0.05, 0) is 25.5 Å². The Balaban J connectivity index is 2.04. The molecular formula is C20H24O4. The van der Waals surface area contributed by atoms with E-state index in [0.717, 1.165) is 35.1 Å². The molecule has 0 heterocycles. The van der Waals surface area contributed by atoms with Gasteiger partial charge in [-0.15, -0.1) is 0 Å². The Bertz CT molecular complexity index is 706. The minimum Gasteiger partial charge on any atom is -0.493 e. The number of esters is 1. The van der Waals surface area contributed by atoms with Crippen LogP contribution in [0.2, 0.25) is 0 Å². The van der Waals surface area contributed by atoms with Crippen molar-refractivity contribution in [1.29, 1.82) is 0 Å². The fourth-order valence-electron chi connectivity index (χ4n) is 2.23. The molecular weight excluding hydrogens is 304 g/mol. The van der Waals surface area contributed by atoms with Gasteiger partial charge in [-0.2, -0.15) is 0 Å². The van der Waals surface area contributed by atoms with Crippen LogP contribution in [-0.4, -0.2) is 25.8 Å². The van der Waals surface area contributed by atoms with Crippen LogP contribution in [0, 0.1) is 0 Å². The van der Waals surface area contributed by atoms with E-state index in [2.05, 4.69) is 13.5 Å². The summed E-state index contributed by atoms with van der Waals surface area (Å²) in [5.41, 5.74) is 0.383. The van der Waals surface area contributed by atoms with E-state index >= 15 is 0 Å². The van der Waals surface area contributed by atoms with E-state index in [9.17, 15) is 4.79 Å². The van der Waals surface area contributed by atoms with Crippen molar-refractivity contribution in [2.45, 2.75) is 26.7 Å². The minimum atomic E-state index is -0.400. The van der Waals surface area contributed by atoms with Crippen LogP contribution in [-0.2, 0) is 9.53 Å². The Morgan fingerprint density at radius 1 is 0.958 bits per heavy atom. The highest BCUT2D eigenvalue weighted by Crippen LogP contribution is 2.33. The van der Waals surface area contributed by atoms with E-state index in [4.69, 9.17) is 14.2 Å². The van der Waals surface area contributed by atoms with Crippen LogP contribution in [0.1, 0.15) is 26.7 Å². The van der Waals surface area contributed by atoms with Crippen molar-refractivity contribution in [2.24, 2.45) is 0 Å². The number of benzene rings is 2. The molecule has 2 aromatic rings. The van der Waals surface area contributed by atoms with Crippen LogP contribution in [0.15, 0.2) is 48.6 Å². The highest BCUT2D eigenvalue weighted by Gasteiger charge is 2.08. The SMILES string of the molecule is C=C(C)C(=O)OCCOc1ccc(OCCCC)c2ccccc12. The van der Waals surface area contributed by atoms with Crippen molar-refractivity contribution in [1.82, 2.24) is 0 Å². The molecule has 0 saturated carbocycles. The molecule has 24 heavy (non-hydrogen) atoms. The molecule has 128 valence electrons. The zero-order valence-corrected chi connectivity index (χ0v) is 14.3. The summed E-state index contributed by atoms with van der Waals surface area (Å²) in [5.74, 6) is 1.21. The van der Waals surface area contributed by atoms with Gasteiger partial charge in [0.25, 0.3) is 0 Å². The molecule has 0 bridgehead atoms. The first-order valence-corrected chi connectivity index (χ1v) is 8.23. The van der Waals surface area contributed by atoms with Crippen molar-refractivity contribution in [3.63, 3.8) is 0 Å². The monoisotopic (exact) mass is 328 g/mol. The average Bonchev–Trinajstić information content (AvgIpc) is 2.59. The van der Waals surface area contributed by atoms with Crippen molar-refractivity contribution < 1.29 is 19.0 Å². The number of rotatable bonds is 9. The number of unbranched alkanes of at least 4 members (excludes halogenated alkanes) is 1. The minimum absolute atomic E-state index is 0.189.